The van der Waals surface area contributed by atoms with Crippen molar-refractivity contribution in [2.24, 2.45) is 0 Å². The van der Waals surface area contributed by atoms with E-state index in [0.717, 1.165) is 16.3 Å². The van der Waals surface area contributed by atoms with Crippen molar-refractivity contribution in [1.29, 1.82) is 0 Å². The minimum absolute atomic E-state index is 0.132. The standard InChI is InChI=1S/C11H12N2O4S3/c14-10(15)7-8-1-2-11(19-8)20(16,17)13-4-3-9-12-5-6-18-9/h1-2,5-6,13H,3-4,7H2,(H,14,15). The molecule has 20 heavy (non-hydrogen) atoms. The number of nitrogens with one attached hydrogen (secondary N) is 1. The van der Waals surface area contributed by atoms with Crippen molar-refractivity contribution in [1.82, 2.24) is 9.71 Å². The minimum atomic E-state index is -3.58. The molecule has 0 saturated carbocycles. The molecule has 0 aliphatic heterocycles. The summed E-state index contributed by atoms with van der Waals surface area (Å²) in [6, 6.07) is 2.95. The highest BCUT2D eigenvalue weighted by atomic mass is 32.2. The Morgan fingerprint density at radius 1 is 1.40 bits per heavy atom. The Labute approximate surface area is 124 Å². The summed E-state index contributed by atoms with van der Waals surface area (Å²) in [7, 11) is -3.58. The van der Waals surface area contributed by atoms with Crippen LogP contribution in [-0.4, -0.2) is 31.0 Å². The molecule has 0 aromatic carbocycles. The fourth-order valence-corrected chi connectivity index (χ4v) is 4.53. The van der Waals surface area contributed by atoms with Crippen LogP contribution >= 0.6 is 22.7 Å². The molecular formula is C11H12N2O4S3. The van der Waals surface area contributed by atoms with E-state index in [-0.39, 0.29) is 17.2 Å². The highest BCUT2D eigenvalue weighted by Gasteiger charge is 2.17. The van der Waals surface area contributed by atoms with Gasteiger partial charge in [0, 0.05) is 29.4 Å². The van der Waals surface area contributed by atoms with Crippen LogP contribution in [0.2, 0.25) is 0 Å². The molecule has 0 radical (unpaired) electrons. The summed E-state index contributed by atoms with van der Waals surface area (Å²) < 4.78 is 26.6. The summed E-state index contributed by atoms with van der Waals surface area (Å²) in [4.78, 5) is 15.1. The Bertz CT molecular complexity index is 676. The van der Waals surface area contributed by atoms with Gasteiger partial charge < -0.3 is 5.11 Å². The van der Waals surface area contributed by atoms with Gasteiger partial charge in [-0.15, -0.1) is 22.7 Å². The predicted octanol–water partition coefficient (Wildman–Crippen LogP) is 1.35. The maximum Gasteiger partial charge on any atom is 0.308 e. The lowest BCUT2D eigenvalue weighted by Crippen LogP contribution is -2.25. The maximum atomic E-state index is 12.0. The van der Waals surface area contributed by atoms with Crippen LogP contribution in [0.5, 0.6) is 0 Å². The van der Waals surface area contributed by atoms with Crippen molar-refractivity contribution in [2.75, 3.05) is 6.54 Å². The van der Waals surface area contributed by atoms with Gasteiger partial charge >= 0.3 is 5.97 Å². The van der Waals surface area contributed by atoms with E-state index in [0.29, 0.717) is 11.3 Å². The number of hydrogen-bond donors (Lipinski definition) is 2. The molecule has 0 bridgehead atoms. The van der Waals surface area contributed by atoms with E-state index < -0.39 is 16.0 Å². The summed E-state index contributed by atoms with van der Waals surface area (Å²) in [6.07, 6.45) is 2.04. The Morgan fingerprint density at radius 2 is 2.20 bits per heavy atom. The number of carbonyl (C=O) groups is 1. The molecular weight excluding hydrogens is 320 g/mol. The number of aromatic nitrogens is 1. The van der Waals surface area contributed by atoms with Gasteiger partial charge in [-0.05, 0) is 12.1 Å². The van der Waals surface area contributed by atoms with Crippen molar-refractivity contribution in [3.05, 3.63) is 33.6 Å². The monoisotopic (exact) mass is 332 g/mol. The molecule has 2 rings (SSSR count). The molecule has 9 heteroatoms. The van der Waals surface area contributed by atoms with Gasteiger partial charge in [0.05, 0.1) is 11.4 Å². The number of hydrogen-bond acceptors (Lipinski definition) is 6. The van der Waals surface area contributed by atoms with Crippen LogP contribution in [0.25, 0.3) is 0 Å². The summed E-state index contributed by atoms with van der Waals surface area (Å²) in [5, 5.41) is 11.4. The summed E-state index contributed by atoms with van der Waals surface area (Å²) in [5.41, 5.74) is 0. The molecule has 0 saturated heterocycles. The van der Waals surface area contributed by atoms with Crippen LogP contribution in [0.15, 0.2) is 27.9 Å². The van der Waals surface area contributed by atoms with Gasteiger partial charge in [-0.2, -0.15) is 0 Å². The lowest BCUT2D eigenvalue weighted by molar-refractivity contribution is -0.136. The predicted molar refractivity (Wildman–Crippen MR) is 76.7 cm³/mol. The van der Waals surface area contributed by atoms with Crippen LogP contribution in [0.4, 0.5) is 0 Å². The third kappa shape index (κ3) is 4.10. The van der Waals surface area contributed by atoms with E-state index in [9.17, 15) is 13.2 Å². The number of aliphatic carboxylic acids is 1. The van der Waals surface area contributed by atoms with Gasteiger partial charge in [-0.1, -0.05) is 0 Å². The summed E-state index contributed by atoms with van der Waals surface area (Å²) in [5.74, 6) is -0.979. The zero-order chi connectivity index (χ0) is 14.6. The number of carboxylic acid groups (broad SMARTS) is 1. The molecule has 0 fully saturated rings. The number of thiazole rings is 1. The highest BCUT2D eigenvalue weighted by molar-refractivity contribution is 7.91. The number of sulfonamides is 1. The van der Waals surface area contributed by atoms with E-state index in [1.54, 1.807) is 6.20 Å². The average molecular weight is 332 g/mol. The molecule has 0 amide bonds. The minimum Gasteiger partial charge on any atom is -0.481 e. The van der Waals surface area contributed by atoms with Crippen molar-refractivity contribution in [3.8, 4) is 0 Å². The first-order valence-corrected chi connectivity index (χ1v) is 8.84. The highest BCUT2D eigenvalue weighted by Crippen LogP contribution is 2.21. The Kier molecular flexibility index (Phi) is 4.86. The second-order valence-corrected chi connectivity index (χ2v) is 8.01. The third-order valence-corrected chi connectivity index (χ3v) is 6.22. The molecule has 0 atom stereocenters. The van der Waals surface area contributed by atoms with Gasteiger partial charge in [-0.25, -0.2) is 18.1 Å². The van der Waals surface area contributed by atoms with Crippen molar-refractivity contribution >= 4 is 38.7 Å². The lowest BCUT2D eigenvalue weighted by atomic mass is 10.3. The summed E-state index contributed by atoms with van der Waals surface area (Å²) in [6.45, 7) is 0.266. The quantitative estimate of drug-likeness (QED) is 0.798. The van der Waals surface area contributed by atoms with E-state index in [1.807, 2.05) is 5.38 Å². The molecule has 2 N–H and O–H groups in total. The van der Waals surface area contributed by atoms with E-state index in [1.165, 1.54) is 23.5 Å². The first-order chi connectivity index (χ1) is 9.47. The van der Waals surface area contributed by atoms with Gasteiger partial charge in [0.1, 0.15) is 4.21 Å². The Hall–Kier alpha value is -1.29. The molecule has 2 heterocycles. The number of nitrogens with zero attached hydrogens (tertiary/aromatic N) is 1. The SMILES string of the molecule is O=C(O)Cc1ccc(S(=O)(=O)NCCc2nccs2)s1. The molecule has 6 nitrogen and oxygen atoms in total. The number of thiophene rings is 1. The molecule has 0 spiro atoms. The van der Waals surface area contributed by atoms with Crippen LogP contribution in [0, 0.1) is 0 Å². The van der Waals surface area contributed by atoms with Gasteiger partial charge in [-0.3, -0.25) is 4.79 Å². The fourth-order valence-electron chi connectivity index (χ4n) is 1.49. The zero-order valence-corrected chi connectivity index (χ0v) is 12.7. The average Bonchev–Trinajstić information content (AvgIpc) is 2.99. The topological polar surface area (TPSA) is 96.4 Å². The van der Waals surface area contributed by atoms with Gasteiger partial charge in [0.2, 0.25) is 10.0 Å². The van der Waals surface area contributed by atoms with Crippen LogP contribution in [0.1, 0.15) is 9.88 Å². The molecule has 2 aromatic rings. The Balaban J connectivity index is 1.95. The van der Waals surface area contributed by atoms with Crippen LogP contribution < -0.4 is 4.72 Å². The Morgan fingerprint density at radius 3 is 2.85 bits per heavy atom. The van der Waals surface area contributed by atoms with E-state index in [2.05, 4.69) is 9.71 Å². The number of rotatable bonds is 7. The first-order valence-electron chi connectivity index (χ1n) is 5.66. The van der Waals surface area contributed by atoms with Gasteiger partial charge in [0.15, 0.2) is 0 Å². The smallest absolute Gasteiger partial charge is 0.308 e. The first kappa shape index (κ1) is 15.1. The van der Waals surface area contributed by atoms with Gasteiger partial charge in [0.25, 0.3) is 0 Å². The molecule has 0 aliphatic rings. The van der Waals surface area contributed by atoms with Crippen molar-refractivity contribution in [2.45, 2.75) is 17.1 Å². The third-order valence-electron chi connectivity index (χ3n) is 2.34. The zero-order valence-electron chi connectivity index (χ0n) is 10.3. The van der Waals surface area contributed by atoms with E-state index in [4.69, 9.17) is 5.11 Å². The van der Waals surface area contributed by atoms with Crippen molar-refractivity contribution in [3.63, 3.8) is 0 Å². The normalized spacial score (nSPS) is 11.6. The van der Waals surface area contributed by atoms with Crippen LogP contribution in [-0.2, 0) is 27.7 Å². The molecule has 108 valence electrons. The second-order valence-electron chi connectivity index (χ2n) is 3.86. The number of carboxylic acids is 1. The lowest BCUT2D eigenvalue weighted by Gasteiger charge is -2.02. The largest absolute Gasteiger partial charge is 0.481 e. The van der Waals surface area contributed by atoms with E-state index >= 15 is 0 Å². The second kappa shape index (κ2) is 6.44. The fraction of sp³-hybridized carbons (Fsp3) is 0.273. The maximum absolute atomic E-state index is 12.0. The van der Waals surface area contributed by atoms with Crippen molar-refractivity contribution < 1.29 is 18.3 Å². The summed E-state index contributed by atoms with van der Waals surface area (Å²) >= 11 is 2.44. The molecule has 0 unspecified atom stereocenters. The molecule has 0 aliphatic carbocycles. The van der Waals surface area contributed by atoms with Crippen LogP contribution in [0.3, 0.4) is 0 Å². The molecule has 2 aromatic heterocycles.